The number of hydrogen-bond acceptors (Lipinski definition) is 3. The molecule has 0 bridgehead atoms. The molecule has 0 saturated heterocycles. The van der Waals surface area contributed by atoms with Crippen LogP contribution in [0.15, 0.2) is 35.3 Å². The summed E-state index contributed by atoms with van der Waals surface area (Å²) in [5.41, 5.74) is -0.290. The predicted molar refractivity (Wildman–Crippen MR) is 86.7 cm³/mol. The van der Waals surface area contributed by atoms with Crippen LogP contribution in [0.1, 0.15) is 23.1 Å². The molecule has 1 amide bonds. The van der Waals surface area contributed by atoms with E-state index in [-0.39, 0.29) is 13.0 Å². The maximum absolute atomic E-state index is 12.6. The normalized spacial score (nSPS) is 11.2. The number of alkyl halides is 3. The zero-order valence-electron chi connectivity index (χ0n) is 13.7. The van der Waals surface area contributed by atoms with Gasteiger partial charge in [0.2, 0.25) is 5.91 Å². The van der Waals surface area contributed by atoms with Gasteiger partial charge in [0.1, 0.15) is 11.4 Å². The highest BCUT2D eigenvalue weighted by Gasteiger charge is 2.31. The lowest BCUT2D eigenvalue weighted by Gasteiger charge is -2.10. The minimum Gasteiger partial charge on any atom is -0.493 e. The Labute approximate surface area is 141 Å². The number of aromatic nitrogens is 1. The minimum absolute atomic E-state index is 0.0333. The van der Waals surface area contributed by atoms with Crippen molar-refractivity contribution in [3.8, 4) is 5.75 Å². The highest BCUT2D eigenvalue weighted by molar-refractivity contribution is 5.90. The maximum atomic E-state index is 12.6. The summed E-state index contributed by atoms with van der Waals surface area (Å²) in [6.07, 6.45) is -4.17. The number of rotatable bonds is 5. The number of aromatic amines is 1. The van der Waals surface area contributed by atoms with Crippen molar-refractivity contribution in [2.24, 2.45) is 0 Å². The third-order valence-electron chi connectivity index (χ3n) is 3.30. The molecule has 0 aliphatic heterocycles. The monoisotopic (exact) mass is 354 g/mol. The van der Waals surface area contributed by atoms with Crippen LogP contribution in [-0.2, 0) is 11.0 Å². The van der Waals surface area contributed by atoms with Crippen LogP contribution in [0.25, 0.3) is 0 Å². The molecule has 0 spiro atoms. The molecule has 0 saturated carbocycles. The summed E-state index contributed by atoms with van der Waals surface area (Å²) in [7, 11) is 0. The molecular weight excluding hydrogens is 337 g/mol. The lowest BCUT2D eigenvalue weighted by molar-refractivity contribution is -0.137. The van der Waals surface area contributed by atoms with Gasteiger partial charge in [0.25, 0.3) is 5.56 Å². The van der Waals surface area contributed by atoms with Crippen LogP contribution >= 0.6 is 0 Å². The molecule has 0 unspecified atom stereocenters. The molecule has 5 nitrogen and oxygen atoms in total. The van der Waals surface area contributed by atoms with Crippen molar-refractivity contribution in [2.75, 3.05) is 11.9 Å². The first kappa shape index (κ1) is 18.6. The number of pyridine rings is 1. The number of H-pyrrole nitrogens is 1. The van der Waals surface area contributed by atoms with Gasteiger partial charge in [-0.25, -0.2) is 0 Å². The second-order valence-electron chi connectivity index (χ2n) is 5.60. The lowest BCUT2D eigenvalue weighted by atomic mass is 10.1. The van der Waals surface area contributed by atoms with E-state index >= 15 is 0 Å². The molecular formula is C17H17F3N2O3. The number of nitrogens with one attached hydrogen (secondary N) is 2. The fourth-order valence-corrected chi connectivity index (χ4v) is 2.23. The molecule has 0 aliphatic carbocycles. The van der Waals surface area contributed by atoms with Gasteiger partial charge < -0.3 is 15.0 Å². The van der Waals surface area contributed by atoms with E-state index < -0.39 is 28.9 Å². The Bertz CT molecular complexity index is 808. The number of carbonyl (C=O) groups is 1. The molecule has 25 heavy (non-hydrogen) atoms. The number of ether oxygens (including phenoxy) is 1. The molecule has 1 aromatic heterocycles. The van der Waals surface area contributed by atoms with Crippen LogP contribution in [0.2, 0.25) is 0 Å². The molecule has 0 fully saturated rings. The molecule has 0 aliphatic rings. The zero-order chi connectivity index (χ0) is 18.6. The first-order valence-corrected chi connectivity index (χ1v) is 7.46. The Morgan fingerprint density at radius 1 is 1.16 bits per heavy atom. The predicted octanol–water partition coefficient (Wildman–Crippen LogP) is 3.42. The average Bonchev–Trinajstić information content (AvgIpc) is 2.47. The number of anilines is 1. The summed E-state index contributed by atoms with van der Waals surface area (Å²) in [6.45, 7) is 3.85. The summed E-state index contributed by atoms with van der Waals surface area (Å²) < 4.78 is 43.4. The van der Waals surface area contributed by atoms with Crippen molar-refractivity contribution >= 4 is 11.6 Å². The van der Waals surface area contributed by atoms with Gasteiger partial charge in [-0.15, -0.1) is 0 Å². The number of benzene rings is 1. The standard InChI is InChI=1S/C17H17F3N2O3/c1-10-5-11(2)7-13(6-10)25-4-3-15(23)22-14-8-12(17(18,19)20)9-21-16(14)24/h5-9H,3-4H2,1-2H3,(H,21,24)(H,22,23). The van der Waals surface area contributed by atoms with Gasteiger partial charge in [-0.05, 0) is 43.2 Å². The van der Waals surface area contributed by atoms with Crippen molar-refractivity contribution in [1.29, 1.82) is 0 Å². The van der Waals surface area contributed by atoms with Gasteiger partial charge in [-0.2, -0.15) is 13.2 Å². The van der Waals surface area contributed by atoms with E-state index in [0.29, 0.717) is 18.0 Å². The van der Waals surface area contributed by atoms with Crippen LogP contribution in [0.3, 0.4) is 0 Å². The minimum atomic E-state index is -4.62. The lowest BCUT2D eigenvalue weighted by Crippen LogP contribution is -2.22. The third kappa shape index (κ3) is 5.37. The Hall–Kier alpha value is -2.77. The molecule has 2 aromatic rings. The Morgan fingerprint density at radius 2 is 1.80 bits per heavy atom. The fraction of sp³-hybridized carbons (Fsp3) is 0.294. The zero-order valence-corrected chi connectivity index (χ0v) is 13.7. The number of amides is 1. The van der Waals surface area contributed by atoms with Crippen LogP contribution in [-0.4, -0.2) is 17.5 Å². The maximum Gasteiger partial charge on any atom is 0.417 e. The SMILES string of the molecule is Cc1cc(C)cc(OCCC(=O)Nc2cc(C(F)(F)F)c[nH]c2=O)c1. The van der Waals surface area contributed by atoms with Crippen molar-refractivity contribution in [3.63, 3.8) is 0 Å². The second kappa shape index (κ2) is 7.42. The van der Waals surface area contributed by atoms with E-state index in [9.17, 15) is 22.8 Å². The first-order chi connectivity index (χ1) is 11.6. The van der Waals surface area contributed by atoms with Gasteiger partial charge >= 0.3 is 6.18 Å². The topological polar surface area (TPSA) is 71.2 Å². The van der Waals surface area contributed by atoms with Gasteiger partial charge in [0, 0.05) is 6.20 Å². The van der Waals surface area contributed by atoms with Gasteiger partial charge in [-0.3, -0.25) is 9.59 Å². The van der Waals surface area contributed by atoms with Crippen LogP contribution < -0.4 is 15.6 Å². The fourth-order valence-electron chi connectivity index (χ4n) is 2.23. The van der Waals surface area contributed by atoms with E-state index in [2.05, 4.69) is 5.32 Å². The number of carbonyl (C=O) groups excluding carboxylic acids is 1. The van der Waals surface area contributed by atoms with E-state index in [4.69, 9.17) is 4.74 Å². The smallest absolute Gasteiger partial charge is 0.417 e. The van der Waals surface area contributed by atoms with E-state index in [1.54, 1.807) is 0 Å². The quantitative estimate of drug-likeness (QED) is 0.864. The summed E-state index contributed by atoms with van der Waals surface area (Å²) in [5.74, 6) is -0.0172. The molecule has 134 valence electrons. The highest BCUT2D eigenvalue weighted by atomic mass is 19.4. The Balaban J connectivity index is 1.95. The summed E-state index contributed by atoms with van der Waals surface area (Å²) >= 11 is 0. The highest BCUT2D eigenvalue weighted by Crippen LogP contribution is 2.29. The summed E-state index contributed by atoms with van der Waals surface area (Å²) in [5, 5.41) is 2.17. The molecule has 2 rings (SSSR count). The van der Waals surface area contributed by atoms with Gasteiger partial charge in [0.05, 0.1) is 18.6 Å². The molecule has 2 N–H and O–H groups in total. The van der Waals surface area contributed by atoms with Gasteiger partial charge in [0.15, 0.2) is 0 Å². The van der Waals surface area contributed by atoms with Crippen LogP contribution in [0, 0.1) is 13.8 Å². The molecule has 0 radical (unpaired) electrons. The largest absolute Gasteiger partial charge is 0.493 e. The first-order valence-electron chi connectivity index (χ1n) is 7.46. The Kier molecular flexibility index (Phi) is 5.51. The molecule has 0 atom stereocenters. The number of aryl methyl sites for hydroxylation is 2. The molecule has 8 heteroatoms. The second-order valence-corrected chi connectivity index (χ2v) is 5.60. The van der Waals surface area contributed by atoms with Crippen LogP contribution in [0.4, 0.5) is 18.9 Å². The summed E-state index contributed by atoms with van der Waals surface area (Å²) in [6, 6.07) is 6.19. The van der Waals surface area contributed by atoms with E-state index in [1.165, 1.54) is 0 Å². The van der Waals surface area contributed by atoms with Crippen molar-refractivity contribution in [3.05, 3.63) is 57.5 Å². The number of hydrogen-bond donors (Lipinski definition) is 2. The van der Waals surface area contributed by atoms with Crippen molar-refractivity contribution in [2.45, 2.75) is 26.4 Å². The Morgan fingerprint density at radius 3 is 2.40 bits per heavy atom. The molecule has 1 aromatic carbocycles. The number of halogens is 3. The van der Waals surface area contributed by atoms with E-state index in [0.717, 1.165) is 11.1 Å². The average molecular weight is 354 g/mol. The van der Waals surface area contributed by atoms with E-state index in [1.807, 2.05) is 37.0 Å². The summed E-state index contributed by atoms with van der Waals surface area (Å²) in [4.78, 5) is 25.3. The van der Waals surface area contributed by atoms with Crippen molar-refractivity contribution < 1.29 is 22.7 Å². The van der Waals surface area contributed by atoms with Gasteiger partial charge in [-0.1, -0.05) is 6.07 Å². The van der Waals surface area contributed by atoms with Crippen LogP contribution in [0.5, 0.6) is 5.75 Å². The third-order valence-corrected chi connectivity index (χ3v) is 3.30. The molecule has 1 heterocycles. The van der Waals surface area contributed by atoms with Crippen molar-refractivity contribution in [1.82, 2.24) is 4.98 Å².